The summed E-state index contributed by atoms with van der Waals surface area (Å²) in [5.74, 6) is -0.256. The quantitative estimate of drug-likeness (QED) is 0.261. The van der Waals surface area contributed by atoms with Crippen LogP contribution in [0.15, 0.2) is 109 Å². The van der Waals surface area contributed by atoms with Gasteiger partial charge in [-0.2, -0.15) is 0 Å². The second kappa shape index (κ2) is 9.64. The van der Waals surface area contributed by atoms with Crippen molar-refractivity contribution in [2.75, 3.05) is 17.3 Å². The minimum Gasteiger partial charge on any atom is -0.496 e. The summed E-state index contributed by atoms with van der Waals surface area (Å²) < 4.78 is 5.64. The summed E-state index contributed by atoms with van der Waals surface area (Å²) in [6.45, 7) is 0.0366. The third-order valence-corrected chi connectivity index (χ3v) is 7.78. The molecule has 5 aromatic rings. The van der Waals surface area contributed by atoms with Gasteiger partial charge in [-0.3, -0.25) is 24.2 Å². The van der Waals surface area contributed by atoms with Crippen LogP contribution in [0.25, 0.3) is 10.8 Å². The molecular weight excluding hydrogens is 514 g/mol. The van der Waals surface area contributed by atoms with E-state index in [1.54, 1.807) is 36.3 Å². The first-order valence-electron chi connectivity index (χ1n) is 13.3. The molecule has 2 aliphatic heterocycles. The fourth-order valence-corrected chi connectivity index (χ4v) is 5.80. The van der Waals surface area contributed by atoms with Crippen LogP contribution < -0.4 is 15.0 Å². The Bertz CT molecular complexity index is 1840. The topological polar surface area (TPSA) is 79.0 Å². The normalized spacial score (nSPS) is 16.0. The van der Waals surface area contributed by atoms with Gasteiger partial charge in [0.25, 0.3) is 17.7 Å². The first-order chi connectivity index (χ1) is 20.0. The number of para-hydroxylation sites is 1. The Labute approximate surface area is 236 Å². The molecule has 41 heavy (non-hydrogen) atoms. The molecule has 200 valence electrons. The molecule has 0 bridgehead atoms. The third-order valence-electron chi connectivity index (χ3n) is 7.78. The van der Waals surface area contributed by atoms with Gasteiger partial charge in [-0.1, -0.05) is 66.7 Å². The van der Waals surface area contributed by atoms with Gasteiger partial charge in [0, 0.05) is 16.6 Å². The van der Waals surface area contributed by atoms with Crippen LogP contribution >= 0.6 is 0 Å². The smallest absolute Gasteiger partial charge is 0.262 e. The Morgan fingerprint density at radius 1 is 0.707 bits per heavy atom. The average molecular weight is 540 g/mol. The summed E-state index contributed by atoms with van der Waals surface area (Å²) in [4.78, 5) is 43.4. The van der Waals surface area contributed by atoms with Gasteiger partial charge in [0.05, 0.1) is 36.0 Å². The number of hydrogen-bond acceptors (Lipinski definition) is 5. The van der Waals surface area contributed by atoms with Crippen LogP contribution in [0.1, 0.15) is 48.4 Å². The number of carbonyl (C=O) groups is 3. The van der Waals surface area contributed by atoms with E-state index in [9.17, 15) is 14.4 Å². The minimum atomic E-state index is -0.560. The lowest BCUT2D eigenvalue weighted by Gasteiger charge is -2.39. The van der Waals surface area contributed by atoms with Crippen molar-refractivity contribution >= 4 is 39.9 Å². The maximum Gasteiger partial charge on any atom is 0.262 e. The van der Waals surface area contributed by atoms with Gasteiger partial charge in [-0.25, -0.2) is 0 Å². The molecule has 2 heterocycles. The lowest BCUT2D eigenvalue weighted by atomic mass is 9.99. The van der Waals surface area contributed by atoms with Gasteiger partial charge in [-0.15, -0.1) is 0 Å². The van der Waals surface area contributed by atoms with E-state index in [1.165, 1.54) is 4.90 Å². The fraction of sp³-hybridized carbons (Fsp3) is 0.0882. The van der Waals surface area contributed by atoms with Crippen molar-refractivity contribution in [3.8, 4) is 5.75 Å². The van der Waals surface area contributed by atoms with Crippen molar-refractivity contribution in [3.63, 3.8) is 0 Å². The number of methoxy groups -OCH3 is 1. The number of carbonyl (C=O) groups excluding carboxylic acids is 3. The number of amides is 3. The highest BCUT2D eigenvalue weighted by atomic mass is 16.5. The van der Waals surface area contributed by atoms with E-state index in [1.807, 2.05) is 84.9 Å². The van der Waals surface area contributed by atoms with E-state index in [4.69, 9.17) is 4.74 Å². The Balaban J connectivity index is 1.34. The summed E-state index contributed by atoms with van der Waals surface area (Å²) in [6, 6.07) is 33.8. The fourth-order valence-electron chi connectivity index (χ4n) is 5.80. The van der Waals surface area contributed by atoms with Crippen molar-refractivity contribution in [1.82, 2.24) is 4.90 Å². The summed E-state index contributed by atoms with van der Waals surface area (Å²) in [7, 11) is 1.56. The van der Waals surface area contributed by atoms with Crippen molar-refractivity contribution in [3.05, 3.63) is 137 Å². The number of imide groups is 1. The zero-order valence-corrected chi connectivity index (χ0v) is 22.2. The van der Waals surface area contributed by atoms with Gasteiger partial charge >= 0.3 is 0 Å². The zero-order chi connectivity index (χ0) is 28.1. The van der Waals surface area contributed by atoms with E-state index >= 15 is 0 Å². The average Bonchev–Trinajstić information content (AvgIpc) is 3.25. The third kappa shape index (κ3) is 3.93. The number of ether oxygens (including phenoxy) is 1. The molecule has 7 nitrogen and oxygen atoms in total. The first kappa shape index (κ1) is 24.6. The minimum absolute atomic E-state index is 0.0366. The molecule has 0 spiro atoms. The van der Waals surface area contributed by atoms with Gasteiger partial charge in [0.2, 0.25) is 0 Å². The molecular formula is C34H25N3O4. The Morgan fingerprint density at radius 3 is 2.12 bits per heavy atom. The molecule has 0 aliphatic carbocycles. The van der Waals surface area contributed by atoms with Crippen LogP contribution in [0.3, 0.4) is 0 Å². The number of fused-ring (bicyclic) bond motifs is 3. The summed E-state index contributed by atoms with van der Waals surface area (Å²) >= 11 is 0. The standard InChI is InChI=1S/C34H25N3O4/c1-41-30-18-17-22(19-23(30)20-36-32(38)25-12-4-5-13-26(25)33(36)39)31-35-28-15-7-6-14-27(28)34(40)37(31)29-16-8-10-21-9-2-3-11-24(21)29/h2-19,31,35H,20H2,1H3. The van der Waals surface area contributed by atoms with Crippen LogP contribution in [-0.4, -0.2) is 29.7 Å². The number of benzene rings is 5. The maximum absolute atomic E-state index is 14.1. The molecule has 7 heteroatoms. The molecule has 0 radical (unpaired) electrons. The van der Waals surface area contributed by atoms with Crippen molar-refractivity contribution in [1.29, 1.82) is 0 Å². The Hall–Kier alpha value is -5.43. The maximum atomic E-state index is 14.1. The SMILES string of the molecule is COc1ccc(C2Nc3ccccc3C(=O)N2c2cccc3ccccc23)cc1CN1C(=O)c2ccccc2C1=O. The van der Waals surface area contributed by atoms with Gasteiger partial charge < -0.3 is 10.1 Å². The monoisotopic (exact) mass is 539 g/mol. The predicted octanol–water partition coefficient (Wildman–Crippen LogP) is 6.42. The van der Waals surface area contributed by atoms with Crippen LogP contribution in [0, 0.1) is 0 Å². The molecule has 0 aromatic heterocycles. The molecule has 7 rings (SSSR count). The van der Waals surface area contributed by atoms with Crippen LogP contribution in [0.5, 0.6) is 5.75 Å². The van der Waals surface area contributed by atoms with Crippen molar-refractivity contribution in [2.45, 2.75) is 12.7 Å². The highest BCUT2D eigenvalue weighted by Crippen LogP contribution is 2.40. The van der Waals surface area contributed by atoms with Gasteiger partial charge in [0.1, 0.15) is 11.9 Å². The number of nitrogens with one attached hydrogen (secondary N) is 1. The largest absolute Gasteiger partial charge is 0.496 e. The van der Waals surface area contributed by atoms with E-state index in [0.717, 1.165) is 27.7 Å². The van der Waals surface area contributed by atoms with Gasteiger partial charge in [-0.05, 0) is 53.4 Å². The molecule has 0 fully saturated rings. The second-order valence-electron chi connectivity index (χ2n) is 10.1. The molecule has 1 N–H and O–H groups in total. The van der Waals surface area contributed by atoms with Crippen molar-refractivity contribution < 1.29 is 19.1 Å². The van der Waals surface area contributed by atoms with E-state index in [0.29, 0.717) is 28.0 Å². The van der Waals surface area contributed by atoms with E-state index < -0.39 is 6.17 Å². The molecule has 1 unspecified atom stereocenters. The number of nitrogens with zero attached hydrogens (tertiary/aromatic N) is 2. The number of hydrogen-bond donors (Lipinski definition) is 1. The number of anilines is 2. The summed E-state index contributed by atoms with van der Waals surface area (Å²) in [5.41, 5.74) is 4.32. The predicted molar refractivity (Wildman–Crippen MR) is 157 cm³/mol. The lowest BCUT2D eigenvalue weighted by Crippen LogP contribution is -2.43. The molecule has 0 saturated heterocycles. The highest BCUT2D eigenvalue weighted by Gasteiger charge is 2.37. The van der Waals surface area contributed by atoms with Gasteiger partial charge in [0.15, 0.2) is 0 Å². The molecule has 1 atom stereocenters. The van der Waals surface area contributed by atoms with Crippen LogP contribution in [0.2, 0.25) is 0 Å². The lowest BCUT2D eigenvalue weighted by molar-refractivity contribution is 0.0641. The van der Waals surface area contributed by atoms with Crippen LogP contribution in [-0.2, 0) is 6.54 Å². The molecule has 5 aromatic carbocycles. The van der Waals surface area contributed by atoms with E-state index in [-0.39, 0.29) is 24.3 Å². The Kier molecular flexibility index (Phi) is 5.78. The molecule has 0 saturated carbocycles. The summed E-state index contributed by atoms with van der Waals surface area (Å²) in [6.07, 6.45) is -0.560. The van der Waals surface area contributed by atoms with E-state index in [2.05, 4.69) is 5.32 Å². The molecule has 3 amide bonds. The molecule has 2 aliphatic rings. The number of rotatable bonds is 5. The highest BCUT2D eigenvalue weighted by molar-refractivity contribution is 6.21. The van der Waals surface area contributed by atoms with Crippen LogP contribution in [0.4, 0.5) is 11.4 Å². The van der Waals surface area contributed by atoms with Crippen molar-refractivity contribution in [2.24, 2.45) is 0 Å². The summed E-state index contributed by atoms with van der Waals surface area (Å²) in [5, 5.41) is 5.54. The Morgan fingerprint density at radius 2 is 1.37 bits per heavy atom. The first-order valence-corrected chi connectivity index (χ1v) is 13.3. The second-order valence-corrected chi connectivity index (χ2v) is 10.1. The zero-order valence-electron chi connectivity index (χ0n) is 22.2.